The van der Waals surface area contributed by atoms with Crippen molar-refractivity contribution >= 4 is 16.6 Å². The summed E-state index contributed by atoms with van der Waals surface area (Å²) in [6, 6.07) is 11.0. The maximum atomic E-state index is 4.35. The monoisotopic (exact) mass is 270 g/mol. The van der Waals surface area contributed by atoms with Crippen LogP contribution in [0.15, 0.2) is 36.5 Å². The molecule has 0 fully saturated rings. The summed E-state index contributed by atoms with van der Waals surface area (Å²) in [5.74, 6) is 0. The van der Waals surface area contributed by atoms with Gasteiger partial charge < -0.3 is 5.32 Å². The Morgan fingerprint density at radius 2 is 1.95 bits per heavy atom. The molecule has 20 heavy (non-hydrogen) atoms. The minimum absolute atomic E-state index is 0.533. The van der Waals surface area contributed by atoms with Crippen LogP contribution in [0.4, 0.5) is 5.69 Å². The van der Waals surface area contributed by atoms with Gasteiger partial charge in [0.05, 0.1) is 5.52 Å². The molecule has 0 radical (unpaired) electrons. The van der Waals surface area contributed by atoms with Gasteiger partial charge in [-0.3, -0.25) is 4.98 Å². The number of unbranched alkanes of at least 4 members (excludes halogenated alkanes) is 4. The molecule has 0 spiro atoms. The van der Waals surface area contributed by atoms with Gasteiger partial charge in [0.15, 0.2) is 0 Å². The van der Waals surface area contributed by atoms with Crippen LogP contribution in [0.5, 0.6) is 0 Å². The summed E-state index contributed by atoms with van der Waals surface area (Å²) in [4.78, 5) is 4.35. The van der Waals surface area contributed by atoms with Crippen LogP contribution in [0.25, 0.3) is 10.9 Å². The van der Waals surface area contributed by atoms with E-state index in [2.05, 4.69) is 48.4 Å². The molecule has 0 aliphatic rings. The number of rotatable bonds is 8. The van der Waals surface area contributed by atoms with Gasteiger partial charge in [-0.15, -0.1) is 0 Å². The van der Waals surface area contributed by atoms with E-state index in [-0.39, 0.29) is 0 Å². The number of aromatic nitrogens is 1. The topological polar surface area (TPSA) is 24.9 Å². The fraction of sp³-hybridized carbons (Fsp3) is 0.500. The first-order chi connectivity index (χ1) is 9.79. The van der Waals surface area contributed by atoms with Gasteiger partial charge in [-0.05, 0) is 37.6 Å². The minimum atomic E-state index is 0.533. The number of anilines is 1. The lowest BCUT2D eigenvalue weighted by atomic mass is 10.1. The maximum Gasteiger partial charge on any atom is 0.0703 e. The van der Waals surface area contributed by atoms with Crippen molar-refractivity contribution < 1.29 is 0 Å². The molecule has 2 heteroatoms. The predicted octanol–water partition coefficient (Wildman–Crippen LogP) is 5.40. The molecule has 2 aromatic rings. The molecule has 108 valence electrons. The summed E-state index contributed by atoms with van der Waals surface area (Å²) in [6.07, 6.45) is 9.84. The maximum absolute atomic E-state index is 4.35. The Bertz CT molecular complexity index is 522. The molecule has 0 aliphatic carbocycles. The third-order valence-corrected chi connectivity index (χ3v) is 3.76. The Labute approximate surface area is 122 Å². The summed E-state index contributed by atoms with van der Waals surface area (Å²) in [6.45, 7) is 4.53. The van der Waals surface area contributed by atoms with E-state index in [1.807, 2.05) is 12.3 Å². The molecule has 0 aliphatic heterocycles. The second kappa shape index (κ2) is 7.88. The number of hydrogen-bond donors (Lipinski definition) is 1. The summed E-state index contributed by atoms with van der Waals surface area (Å²) < 4.78 is 0. The third kappa shape index (κ3) is 4.52. The Kier molecular flexibility index (Phi) is 5.85. The highest BCUT2D eigenvalue weighted by Gasteiger charge is 2.03. The molecule has 1 unspecified atom stereocenters. The van der Waals surface area contributed by atoms with Gasteiger partial charge >= 0.3 is 0 Å². The van der Waals surface area contributed by atoms with Gasteiger partial charge in [0.2, 0.25) is 0 Å². The van der Waals surface area contributed by atoms with Gasteiger partial charge in [0.1, 0.15) is 0 Å². The van der Waals surface area contributed by atoms with Gasteiger partial charge in [0, 0.05) is 23.3 Å². The molecular weight excluding hydrogens is 244 g/mol. The normalized spacial score (nSPS) is 12.5. The lowest BCUT2D eigenvalue weighted by Crippen LogP contribution is -2.14. The van der Waals surface area contributed by atoms with Gasteiger partial charge in [-0.2, -0.15) is 0 Å². The highest BCUT2D eigenvalue weighted by molar-refractivity contribution is 5.82. The average molecular weight is 270 g/mol. The summed E-state index contributed by atoms with van der Waals surface area (Å²) in [7, 11) is 0. The van der Waals surface area contributed by atoms with Crippen molar-refractivity contribution in [3.8, 4) is 0 Å². The van der Waals surface area contributed by atoms with Crippen molar-refractivity contribution in [3.63, 3.8) is 0 Å². The van der Waals surface area contributed by atoms with Gasteiger partial charge in [0.25, 0.3) is 0 Å². The zero-order chi connectivity index (χ0) is 14.2. The molecule has 0 saturated heterocycles. The van der Waals surface area contributed by atoms with E-state index in [0.717, 1.165) is 5.52 Å². The highest BCUT2D eigenvalue weighted by Crippen LogP contribution is 2.18. The Balaban J connectivity index is 1.81. The van der Waals surface area contributed by atoms with Crippen molar-refractivity contribution in [2.75, 3.05) is 5.32 Å². The molecule has 1 aromatic heterocycles. The van der Waals surface area contributed by atoms with E-state index in [1.165, 1.54) is 49.6 Å². The van der Waals surface area contributed by atoms with Crippen molar-refractivity contribution in [2.24, 2.45) is 0 Å². The van der Waals surface area contributed by atoms with E-state index < -0.39 is 0 Å². The first-order valence-corrected chi connectivity index (χ1v) is 7.91. The van der Waals surface area contributed by atoms with Crippen LogP contribution in [0.1, 0.15) is 52.4 Å². The molecule has 1 aromatic carbocycles. The SMILES string of the molecule is CCCCCCCC(C)Nc1ccc2ncccc2c1. The quantitative estimate of drug-likeness (QED) is 0.650. The van der Waals surface area contributed by atoms with E-state index in [9.17, 15) is 0 Å². The average Bonchev–Trinajstić information content (AvgIpc) is 2.47. The molecule has 0 bridgehead atoms. The van der Waals surface area contributed by atoms with Crippen LogP contribution >= 0.6 is 0 Å². The van der Waals surface area contributed by atoms with E-state index in [0.29, 0.717) is 6.04 Å². The van der Waals surface area contributed by atoms with Crippen molar-refractivity contribution in [1.29, 1.82) is 0 Å². The lowest BCUT2D eigenvalue weighted by Gasteiger charge is -2.15. The Hall–Kier alpha value is -1.57. The number of benzene rings is 1. The predicted molar refractivity (Wildman–Crippen MR) is 88.2 cm³/mol. The Morgan fingerprint density at radius 1 is 1.10 bits per heavy atom. The molecule has 1 atom stereocenters. The zero-order valence-electron chi connectivity index (χ0n) is 12.7. The standard InChI is InChI=1S/C18H26N2/c1-3-4-5-6-7-9-15(2)20-17-11-12-18-16(14-17)10-8-13-19-18/h8,10-15,20H,3-7,9H2,1-2H3. The van der Waals surface area contributed by atoms with Gasteiger partial charge in [-0.1, -0.05) is 45.1 Å². The number of nitrogens with one attached hydrogen (secondary N) is 1. The fourth-order valence-electron chi connectivity index (χ4n) is 2.58. The van der Waals surface area contributed by atoms with Crippen LogP contribution in [0.3, 0.4) is 0 Å². The fourth-order valence-corrected chi connectivity index (χ4v) is 2.58. The Morgan fingerprint density at radius 3 is 2.80 bits per heavy atom. The number of pyridine rings is 1. The first-order valence-electron chi connectivity index (χ1n) is 7.91. The molecular formula is C18H26N2. The van der Waals surface area contributed by atoms with E-state index in [4.69, 9.17) is 0 Å². The molecule has 2 rings (SSSR count). The van der Waals surface area contributed by atoms with Crippen molar-refractivity contribution in [3.05, 3.63) is 36.5 Å². The minimum Gasteiger partial charge on any atom is -0.383 e. The van der Waals surface area contributed by atoms with E-state index in [1.54, 1.807) is 0 Å². The summed E-state index contributed by atoms with van der Waals surface area (Å²) >= 11 is 0. The molecule has 1 heterocycles. The number of fused-ring (bicyclic) bond motifs is 1. The van der Waals surface area contributed by atoms with Gasteiger partial charge in [-0.25, -0.2) is 0 Å². The molecule has 0 amide bonds. The molecule has 1 N–H and O–H groups in total. The number of nitrogens with zero attached hydrogens (tertiary/aromatic N) is 1. The summed E-state index contributed by atoms with van der Waals surface area (Å²) in [5.41, 5.74) is 2.26. The van der Waals surface area contributed by atoms with Crippen LogP contribution in [0, 0.1) is 0 Å². The van der Waals surface area contributed by atoms with Crippen LogP contribution in [-0.4, -0.2) is 11.0 Å². The highest BCUT2D eigenvalue weighted by atomic mass is 14.9. The van der Waals surface area contributed by atoms with Crippen molar-refractivity contribution in [1.82, 2.24) is 4.98 Å². The second-order valence-corrected chi connectivity index (χ2v) is 5.66. The van der Waals surface area contributed by atoms with Crippen molar-refractivity contribution in [2.45, 2.75) is 58.4 Å². The molecule has 2 nitrogen and oxygen atoms in total. The van der Waals surface area contributed by atoms with E-state index >= 15 is 0 Å². The third-order valence-electron chi connectivity index (χ3n) is 3.76. The van der Waals surface area contributed by atoms with Crippen LogP contribution < -0.4 is 5.32 Å². The smallest absolute Gasteiger partial charge is 0.0703 e. The number of hydrogen-bond acceptors (Lipinski definition) is 2. The largest absolute Gasteiger partial charge is 0.383 e. The first kappa shape index (κ1) is 14.8. The van der Waals surface area contributed by atoms with Crippen LogP contribution in [-0.2, 0) is 0 Å². The van der Waals surface area contributed by atoms with Crippen LogP contribution in [0.2, 0.25) is 0 Å². The lowest BCUT2D eigenvalue weighted by molar-refractivity contribution is 0.578. The molecule has 0 saturated carbocycles. The second-order valence-electron chi connectivity index (χ2n) is 5.66. The summed E-state index contributed by atoms with van der Waals surface area (Å²) in [5, 5.41) is 4.80. The zero-order valence-corrected chi connectivity index (χ0v) is 12.7.